The molecule has 156 valence electrons. The first-order chi connectivity index (χ1) is 14.6. The number of morpholine rings is 1. The first-order valence-electron chi connectivity index (χ1n) is 10.5. The Morgan fingerprint density at radius 2 is 1.70 bits per heavy atom. The van der Waals surface area contributed by atoms with Crippen LogP contribution < -0.4 is 10.2 Å². The molecule has 0 saturated carbocycles. The normalized spacial score (nSPS) is 15.7. The second-order valence-electron chi connectivity index (χ2n) is 7.92. The summed E-state index contributed by atoms with van der Waals surface area (Å²) in [6.45, 7) is 3.75. The van der Waals surface area contributed by atoms with Gasteiger partial charge in [0.05, 0.1) is 19.3 Å². The Morgan fingerprint density at radius 1 is 1.00 bits per heavy atom. The van der Waals surface area contributed by atoms with Crippen molar-refractivity contribution in [2.24, 2.45) is 0 Å². The van der Waals surface area contributed by atoms with Crippen LogP contribution in [0.15, 0.2) is 66.7 Å². The third-order valence-electron chi connectivity index (χ3n) is 5.75. The van der Waals surface area contributed by atoms with Crippen LogP contribution in [0.2, 0.25) is 0 Å². The molecule has 1 atom stereocenters. The van der Waals surface area contributed by atoms with E-state index < -0.39 is 0 Å². The highest BCUT2D eigenvalue weighted by Crippen LogP contribution is 2.24. The van der Waals surface area contributed by atoms with Crippen molar-refractivity contribution in [3.63, 3.8) is 0 Å². The van der Waals surface area contributed by atoms with Crippen molar-refractivity contribution in [1.82, 2.24) is 10.2 Å². The van der Waals surface area contributed by atoms with Crippen LogP contribution in [0.4, 0.5) is 5.69 Å². The van der Waals surface area contributed by atoms with Crippen molar-refractivity contribution >= 4 is 22.4 Å². The average Bonchev–Trinajstić information content (AvgIpc) is 2.79. The van der Waals surface area contributed by atoms with E-state index in [9.17, 15) is 4.79 Å². The molecule has 30 heavy (non-hydrogen) atoms. The lowest BCUT2D eigenvalue weighted by atomic mass is 10.0. The second kappa shape index (κ2) is 9.28. The van der Waals surface area contributed by atoms with Crippen molar-refractivity contribution in [3.8, 4) is 0 Å². The van der Waals surface area contributed by atoms with Gasteiger partial charge in [0.1, 0.15) is 0 Å². The maximum atomic E-state index is 12.9. The number of ether oxygens (including phenoxy) is 1. The summed E-state index contributed by atoms with van der Waals surface area (Å²) in [5.41, 5.74) is 3.07. The van der Waals surface area contributed by atoms with Crippen LogP contribution in [0.25, 0.3) is 10.8 Å². The van der Waals surface area contributed by atoms with Crippen molar-refractivity contribution < 1.29 is 9.53 Å². The molecule has 0 radical (unpaired) electrons. The molecular weight excluding hydrogens is 374 g/mol. The number of nitrogens with one attached hydrogen (secondary N) is 1. The van der Waals surface area contributed by atoms with Gasteiger partial charge in [-0.2, -0.15) is 0 Å². The number of nitrogens with zero attached hydrogens (tertiary/aromatic N) is 2. The highest BCUT2D eigenvalue weighted by Gasteiger charge is 2.23. The number of carbonyl (C=O) groups excluding carboxylic acids is 1. The van der Waals surface area contributed by atoms with E-state index >= 15 is 0 Å². The molecule has 1 aliphatic rings. The van der Waals surface area contributed by atoms with Gasteiger partial charge >= 0.3 is 0 Å². The van der Waals surface area contributed by atoms with Crippen LogP contribution in [0.1, 0.15) is 22.0 Å². The Hall–Kier alpha value is -2.89. The second-order valence-corrected chi connectivity index (χ2v) is 7.92. The number of benzene rings is 3. The van der Waals surface area contributed by atoms with Crippen molar-refractivity contribution in [3.05, 3.63) is 77.9 Å². The fourth-order valence-electron chi connectivity index (χ4n) is 3.96. The van der Waals surface area contributed by atoms with E-state index in [0.29, 0.717) is 12.1 Å². The molecule has 5 nitrogen and oxygen atoms in total. The van der Waals surface area contributed by atoms with Gasteiger partial charge in [0.15, 0.2) is 0 Å². The zero-order valence-electron chi connectivity index (χ0n) is 17.7. The number of carbonyl (C=O) groups is 1. The number of fused-ring (bicyclic) bond motifs is 1. The smallest absolute Gasteiger partial charge is 0.251 e. The van der Waals surface area contributed by atoms with Crippen molar-refractivity contribution in [2.45, 2.75) is 6.04 Å². The maximum Gasteiger partial charge on any atom is 0.251 e. The molecule has 1 amide bonds. The molecular formula is C25H29N3O2. The molecule has 1 unspecified atom stereocenters. The summed E-state index contributed by atoms with van der Waals surface area (Å²) in [4.78, 5) is 17.4. The topological polar surface area (TPSA) is 44.8 Å². The number of amides is 1. The molecule has 3 aromatic carbocycles. The number of hydrogen-bond acceptors (Lipinski definition) is 4. The monoisotopic (exact) mass is 403 g/mol. The minimum atomic E-state index is -0.0380. The van der Waals surface area contributed by atoms with E-state index in [2.05, 4.69) is 45.4 Å². The van der Waals surface area contributed by atoms with Gasteiger partial charge in [0, 0.05) is 45.0 Å². The van der Waals surface area contributed by atoms with E-state index in [1.165, 1.54) is 11.3 Å². The minimum absolute atomic E-state index is 0.0380. The zero-order valence-corrected chi connectivity index (χ0v) is 17.7. The first kappa shape index (κ1) is 20.4. The number of anilines is 1. The summed E-state index contributed by atoms with van der Waals surface area (Å²) in [7, 11) is 4.08. The van der Waals surface area contributed by atoms with Gasteiger partial charge in [0.25, 0.3) is 5.91 Å². The zero-order chi connectivity index (χ0) is 20.9. The van der Waals surface area contributed by atoms with E-state index in [0.717, 1.165) is 37.1 Å². The predicted molar refractivity (Wildman–Crippen MR) is 122 cm³/mol. The quantitative estimate of drug-likeness (QED) is 0.682. The molecule has 1 fully saturated rings. The van der Waals surface area contributed by atoms with E-state index in [-0.39, 0.29) is 11.9 Å². The highest BCUT2D eigenvalue weighted by molar-refractivity contribution is 5.98. The first-order valence-corrected chi connectivity index (χ1v) is 10.5. The van der Waals surface area contributed by atoms with Crippen LogP contribution in [-0.4, -0.2) is 57.8 Å². The van der Waals surface area contributed by atoms with Gasteiger partial charge < -0.3 is 15.0 Å². The molecule has 1 saturated heterocycles. The lowest BCUT2D eigenvalue weighted by Gasteiger charge is -2.35. The summed E-state index contributed by atoms with van der Waals surface area (Å²) < 4.78 is 5.54. The third kappa shape index (κ3) is 4.64. The number of rotatable bonds is 6. The molecule has 1 aliphatic heterocycles. The fourth-order valence-corrected chi connectivity index (χ4v) is 3.96. The van der Waals surface area contributed by atoms with Crippen LogP contribution >= 0.6 is 0 Å². The molecule has 3 aromatic rings. The van der Waals surface area contributed by atoms with Crippen LogP contribution in [-0.2, 0) is 4.74 Å². The maximum absolute atomic E-state index is 12.9. The van der Waals surface area contributed by atoms with Gasteiger partial charge in [-0.05, 0) is 40.6 Å². The Labute approximate surface area is 178 Å². The van der Waals surface area contributed by atoms with Crippen LogP contribution in [0.5, 0.6) is 0 Å². The SMILES string of the molecule is CN(C)c1ccc(C(CNC(=O)c2ccc3ccccc3c2)N2CCOCC2)cc1. The summed E-state index contributed by atoms with van der Waals surface area (Å²) in [6, 6.07) is 22.7. The van der Waals surface area contributed by atoms with Gasteiger partial charge in [0.2, 0.25) is 0 Å². The van der Waals surface area contributed by atoms with Crippen LogP contribution in [0.3, 0.4) is 0 Å². The lowest BCUT2D eigenvalue weighted by Crippen LogP contribution is -2.43. The molecule has 1 N–H and O–H groups in total. The lowest BCUT2D eigenvalue weighted by molar-refractivity contribution is 0.0162. The van der Waals surface area contributed by atoms with Gasteiger partial charge in [-0.25, -0.2) is 0 Å². The Bertz CT molecular complexity index is 995. The molecule has 0 spiro atoms. The van der Waals surface area contributed by atoms with Gasteiger partial charge in [-0.15, -0.1) is 0 Å². The molecule has 0 bridgehead atoms. The summed E-state index contributed by atoms with van der Waals surface area (Å²) >= 11 is 0. The van der Waals surface area contributed by atoms with Crippen molar-refractivity contribution in [2.75, 3.05) is 51.8 Å². The van der Waals surface area contributed by atoms with Crippen LogP contribution in [0, 0.1) is 0 Å². The summed E-state index contributed by atoms with van der Waals surface area (Å²) in [6.07, 6.45) is 0. The molecule has 0 aromatic heterocycles. The van der Waals surface area contributed by atoms with E-state index in [1.54, 1.807) is 0 Å². The van der Waals surface area contributed by atoms with Gasteiger partial charge in [-0.1, -0.05) is 42.5 Å². The average molecular weight is 404 g/mol. The highest BCUT2D eigenvalue weighted by atomic mass is 16.5. The summed E-state index contributed by atoms with van der Waals surface area (Å²) in [5.74, 6) is -0.0380. The van der Waals surface area contributed by atoms with E-state index in [1.807, 2.05) is 50.5 Å². The Balaban J connectivity index is 1.51. The Kier molecular flexibility index (Phi) is 6.31. The standard InChI is InChI=1S/C25H29N3O2/c1-27(2)23-11-9-20(10-12-23)24(28-13-15-30-16-14-28)18-26-25(29)22-8-7-19-5-3-4-6-21(19)17-22/h3-12,17,24H,13-16,18H2,1-2H3,(H,26,29). The Morgan fingerprint density at radius 3 is 2.40 bits per heavy atom. The predicted octanol–water partition coefficient (Wildman–Crippen LogP) is 3.71. The molecule has 1 heterocycles. The summed E-state index contributed by atoms with van der Waals surface area (Å²) in [5, 5.41) is 5.38. The molecule has 5 heteroatoms. The fraction of sp³-hybridized carbons (Fsp3) is 0.320. The minimum Gasteiger partial charge on any atom is -0.379 e. The molecule has 0 aliphatic carbocycles. The number of hydrogen-bond donors (Lipinski definition) is 1. The van der Waals surface area contributed by atoms with Crippen molar-refractivity contribution in [1.29, 1.82) is 0 Å². The largest absolute Gasteiger partial charge is 0.379 e. The van der Waals surface area contributed by atoms with E-state index in [4.69, 9.17) is 4.74 Å². The third-order valence-corrected chi connectivity index (χ3v) is 5.75. The molecule has 4 rings (SSSR count). The van der Waals surface area contributed by atoms with Gasteiger partial charge in [-0.3, -0.25) is 9.69 Å².